The van der Waals surface area contributed by atoms with Crippen molar-refractivity contribution in [3.8, 4) is 0 Å². The minimum atomic E-state index is -5.08. The predicted molar refractivity (Wildman–Crippen MR) is 121 cm³/mol. The van der Waals surface area contributed by atoms with Gasteiger partial charge in [-0.2, -0.15) is 31.4 Å². The molecule has 0 aromatic carbocycles. The fraction of sp³-hybridized carbons (Fsp3) is 0.524. The number of aliphatic carboxylic acids is 2. The molecule has 1 aliphatic heterocycles. The quantitative estimate of drug-likeness (QED) is 0.503. The molecule has 0 aliphatic carbocycles. The standard InChI is InChI=1S/C17H24N4O2S.2C2HF3O2/c1-19(2)17(22)13-23-12-14-8-20(11-16-4-3-7-24-16)10-15-5-6-18-21(15)9-14;2*3-2(4,5)1(6)7/h3-7,14H,8-13H2,1-2H3;2*(H,6,7). The van der Waals surface area contributed by atoms with Crippen molar-refractivity contribution >= 4 is 29.2 Å². The van der Waals surface area contributed by atoms with E-state index in [4.69, 9.17) is 24.5 Å². The zero-order valence-corrected chi connectivity index (χ0v) is 21.0. The minimum absolute atomic E-state index is 0.00107. The SMILES string of the molecule is CN(C)C(=O)COCC1CN(Cc2cccs2)Cc2ccnn2C1.O=C(O)C(F)(F)F.O=C(O)C(F)(F)F. The molecule has 0 spiro atoms. The molecule has 38 heavy (non-hydrogen) atoms. The van der Waals surface area contributed by atoms with E-state index in [0.717, 1.165) is 26.2 Å². The van der Waals surface area contributed by atoms with Gasteiger partial charge in [0.25, 0.3) is 0 Å². The second kappa shape index (κ2) is 14.7. The summed E-state index contributed by atoms with van der Waals surface area (Å²) in [5.74, 6) is -5.19. The third-order valence-electron chi connectivity index (χ3n) is 4.66. The first-order valence-electron chi connectivity index (χ1n) is 10.6. The molecular weight excluding hydrogens is 550 g/mol. The third kappa shape index (κ3) is 12.4. The van der Waals surface area contributed by atoms with Crippen LogP contribution in [0.1, 0.15) is 10.6 Å². The number of carbonyl (C=O) groups excluding carboxylic acids is 1. The van der Waals surface area contributed by atoms with Gasteiger partial charge in [-0.05, 0) is 17.5 Å². The van der Waals surface area contributed by atoms with Gasteiger partial charge in [0.15, 0.2) is 0 Å². The lowest BCUT2D eigenvalue weighted by Gasteiger charge is -2.23. The van der Waals surface area contributed by atoms with Crippen LogP contribution in [0.15, 0.2) is 29.8 Å². The van der Waals surface area contributed by atoms with Gasteiger partial charge in [0.05, 0.1) is 12.3 Å². The second-order valence-corrected chi connectivity index (χ2v) is 9.06. The van der Waals surface area contributed by atoms with Gasteiger partial charge in [-0.1, -0.05) is 6.07 Å². The number of ether oxygens (including phenoxy) is 1. The zero-order chi connectivity index (χ0) is 29.1. The highest BCUT2D eigenvalue weighted by atomic mass is 32.1. The van der Waals surface area contributed by atoms with E-state index in [2.05, 4.69) is 38.3 Å². The van der Waals surface area contributed by atoms with Crippen LogP contribution in [-0.2, 0) is 38.8 Å². The molecule has 3 rings (SSSR count). The summed E-state index contributed by atoms with van der Waals surface area (Å²) in [4.78, 5) is 34.8. The van der Waals surface area contributed by atoms with Crippen molar-refractivity contribution in [2.45, 2.75) is 32.0 Å². The molecular formula is C21H26F6N4O6S. The summed E-state index contributed by atoms with van der Waals surface area (Å²) in [6.07, 6.45) is -8.31. The summed E-state index contributed by atoms with van der Waals surface area (Å²) in [5.41, 5.74) is 1.23. The van der Waals surface area contributed by atoms with E-state index in [0.29, 0.717) is 12.5 Å². The number of alkyl halides is 6. The van der Waals surface area contributed by atoms with E-state index in [1.54, 1.807) is 30.3 Å². The highest BCUT2D eigenvalue weighted by Crippen LogP contribution is 2.20. The number of nitrogens with zero attached hydrogens (tertiary/aromatic N) is 4. The smallest absolute Gasteiger partial charge is 0.475 e. The summed E-state index contributed by atoms with van der Waals surface area (Å²) < 4.78 is 71.2. The Morgan fingerprint density at radius 3 is 2.13 bits per heavy atom. The van der Waals surface area contributed by atoms with Crippen LogP contribution in [0.2, 0.25) is 0 Å². The highest BCUT2D eigenvalue weighted by molar-refractivity contribution is 7.09. The van der Waals surface area contributed by atoms with E-state index >= 15 is 0 Å². The number of halogens is 6. The number of fused-ring (bicyclic) bond motifs is 1. The van der Waals surface area contributed by atoms with Crippen LogP contribution in [0, 0.1) is 5.92 Å². The molecule has 214 valence electrons. The molecule has 2 aromatic heterocycles. The van der Waals surface area contributed by atoms with Crippen LogP contribution in [0.3, 0.4) is 0 Å². The molecule has 0 bridgehead atoms. The van der Waals surface area contributed by atoms with Crippen molar-refractivity contribution in [1.29, 1.82) is 0 Å². The van der Waals surface area contributed by atoms with Gasteiger partial charge in [0.1, 0.15) is 6.61 Å². The highest BCUT2D eigenvalue weighted by Gasteiger charge is 2.38. The number of aromatic nitrogens is 2. The number of carboxylic acid groups (broad SMARTS) is 2. The lowest BCUT2D eigenvalue weighted by atomic mass is 10.1. The summed E-state index contributed by atoms with van der Waals surface area (Å²) in [6.45, 7) is 4.32. The van der Waals surface area contributed by atoms with Crippen LogP contribution in [-0.4, -0.2) is 93.8 Å². The zero-order valence-electron chi connectivity index (χ0n) is 20.2. The van der Waals surface area contributed by atoms with Gasteiger partial charge in [0, 0.05) is 57.3 Å². The van der Waals surface area contributed by atoms with Crippen molar-refractivity contribution in [2.24, 2.45) is 5.92 Å². The molecule has 17 heteroatoms. The molecule has 2 aromatic rings. The predicted octanol–water partition coefficient (Wildman–Crippen LogP) is 2.95. The van der Waals surface area contributed by atoms with Crippen molar-refractivity contribution in [3.05, 3.63) is 40.3 Å². The fourth-order valence-corrected chi connectivity index (χ4v) is 3.66. The van der Waals surface area contributed by atoms with Gasteiger partial charge < -0.3 is 19.8 Å². The van der Waals surface area contributed by atoms with Crippen molar-refractivity contribution in [2.75, 3.05) is 33.9 Å². The Morgan fingerprint density at radius 1 is 1.08 bits per heavy atom. The molecule has 1 aliphatic rings. The van der Waals surface area contributed by atoms with Crippen LogP contribution in [0.5, 0.6) is 0 Å². The maximum atomic E-state index is 11.7. The molecule has 1 atom stereocenters. The van der Waals surface area contributed by atoms with Crippen molar-refractivity contribution in [3.63, 3.8) is 0 Å². The monoisotopic (exact) mass is 576 g/mol. The van der Waals surface area contributed by atoms with Gasteiger partial charge in [0.2, 0.25) is 5.91 Å². The lowest BCUT2D eigenvalue weighted by molar-refractivity contribution is -0.193. The summed E-state index contributed by atoms with van der Waals surface area (Å²) in [5, 5.41) is 20.8. The van der Waals surface area contributed by atoms with Gasteiger partial charge in [-0.3, -0.25) is 14.4 Å². The number of rotatable bonds is 6. The van der Waals surface area contributed by atoms with Gasteiger partial charge in [-0.15, -0.1) is 11.3 Å². The first kappa shape index (κ1) is 32.8. The Kier molecular flexibility index (Phi) is 12.7. The molecule has 1 unspecified atom stereocenters. The van der Waals surface area contributed by atoms with Crippen LogP contribution < -0.4 is 0 Å². The maximum Gasteiger partial charge on any atom is 0.490 e. The van der Waals surface area contributed by atoms with Crippen LogP contribution >= 0.6 is 11.3 Å². The summed E-state index contributed by atoms with van der Waals surface area (Å²) in [6, 6.07) is 6.35. The van der Waals surface area contributed by atoms with E-state index in [1.165, 1.54) is 10.6 Å². The van der Waals surface area contributed by atoms with Crippen LogP contribution in [0.4, 0.5) is 26.3 Å². The summed E-state index contributed by atoms with van der Waals surface area (Å²) >= 11 is 1.79. The average molecular weight is 577 g/mol. The Bertz CT molecular complexity index is 1000. The number of carbonyl (C=O) groups is 3. The van der Waals surface area contributed by atoms with E-state index in [1.807, 2.05) is 6.20 Å². The number of hydrogen-bond acceptors (Lipinski definition) is 7. The average Bonchev–Trinajstić information content (AvgIpc) is 3.42. The molecule has 0 radical (unpaired) electrons. The molecule has 2 N–H and O–H groups in total. The first-order chi connectivity index (χ1) is 17.5. The molecule has 0 fully saturated rings. The van der Waals surface area contributed by atoms with E-state index < -0.39 is 24.3 Å². The third-order valence-corrected chi connectivity index (χ3v) is 5.52. The Labute approximate surface area is 217 Å². The Balaban J connectivity index is 0.000000426. The number of amides is 1. The van der Waals surface area contributed by atoms with Gasteiger partial charge >= 0.3 is 24.3 Å². The van der Waals surface area contributed by atoms with Crippen molar-refractivity contribution < 1.29 is 55.7 Å². The number of carboxylic acids is 2. The largest absolute Gasteiger partial charge is 0.490 e. The summed E-state index contributed by atoms with van der Waals surface area (Å²) in [7, 11) is 3.49. The van der Waals surface area contributed by atoms with E-state index in [9.17, 15) is 31.1 Å². The van der Waals surface area contributed by atoms with Crippen molar-refractivity contribution in [1.82, 2.24) is 19.6 Å². The molecule has 10 nitrogen and oxygen atoms in total. The normalized spacial score (nSPS) is 15.6. The first-order valence-corrected chi connectivity index (χ1v) is 11.5. The number of thiophene rings is 1. The lowest BCUT2D eigenvalue weighted by Crippen LogP contribution is -2.32. The fourth-order valence-electron chi connectivity index (χ4n) is 2.91. The molecule has 0 saturated heterocycles. The minimum Gasteiger partial charge on any atom is -0.475 e. The number of likely N-dealkylation sites (N-methyl/N-ethyl adjacent to an activating group) is 1. The van der Waals surface area contributed by atoms with E-state index in [-0.39, 0.29) is 12.5 Å². The second-order valence-electron chi connectivity index (χ2n) is 8.03. The molecule has 3 heterocycles. The Hall–Kier alpha value is -3.18. The van der Waals surface area contributed by atoms with Crippen LogP contribution in [0.25, 0.3) is 0 Å². The number of hydrogen-bond donors (Lipinski definition) is 2. The van der Waals surface area contributed by atoms with Gasteiger partial charge in [-0.25, -0.2) is 9.59 Å². The molecule has 0 saturated carbocycles. The topological polar surface area (TPSA) is 125 Å². The molecule has 1 amide bonds. The Morgan fingerprint density at radius 2 is 1.66 bits per heavy atom. The maximum absolute atomic E-state index is 11.7.